The molecule has 0 unspecified atom stereocenters. The van der Waals surface area contributed by atoms with Crippen LogP contribution in [-0.4, -0.2) is 19.2 Å². The summed E-state index contributed by atoms with van der Waals surface area (Å²) in [5.74, 6) is -0.333. The van der Waals surface area contributed by atoms with Gasteiger partial charge in [-0.25, -0.2) is 4.39 Å². The van der Waals surface area contributed by atoms with Gasteiger partial charge < -0.3 is 0 Å². The van der Waals surface area contributed by atoms with Gasteiger partial charge in [0, 0.05) is 0 Å². The van der Waals surface area contributed by atoms with E-state index in [4.69, 9.17) is 4.55 Å². The van der Waals surface area contributed by atoms with Crippen LogP contribution in [0.5, 0.6) is 0 Å². The molecule has 0 aliphatic carbocycles. The van der Waals surface area contributed by atoms with Gasteiger partial charge in [-0.1, -0.05) is 6.58 Å². The zero-order valence-corrected chi connectivity index (χ0v) is 6.07. The highest BCUT2D eigenvalue weighted by atomic mass is 32.2. The number of hydrogen-bond donors (Lipinski definition) is 1. The van der Waals surface area contributed by atoms with Gasteiger partial charge in [0.05, 0.1) is 12.1 Å². The van der Waals surface area contributed by atoms with Crippen LogP contribution in [0.1, 0.15) is 6.92 Å². The second-order valence-corrected chi connectivity index (χ2v) is 2.88. The van der Waals surface area contributed by atoms with Crippen molar-refractivity contribution >= 4 is 10.1 Å². The van der Waals surface area contributed by atoms with Gasteiger partial charge in [-0.2, -0.15) is 8.42 Å². The lowest BCUT2D eigenvalue weighted by Gasteiger charge is -1.69. The summed E-state index contributed by atoms with van der Waals surface area (Å²) in [6, 6.07) is 0. The topological polar surface area (TPSA) is 54.4 Å². The zero-order valence-electron chi connectivity index (χ0n) is 5.26. The molecular formula is C4H9FO3S. The molecule has 0 aliphatic heterocycles. The molecule has 0 aromatic rings. The minimum absolute atomic E-state index is 0.333. The van der Waals surface area contributed by atoms with Gasteiger partial charge in [0.15, 0.2) is 0 Å². The number of hydrogen-bond acceptors (Lipinski definition) is 2. The molecule has 0 spiro atoms. The Morgan fingerprint density at radius 3 is 1.67 bits per heavy atom. The van der Waals surface area contributed by atoms with Crippen LogP contribution in [0.3, 0.4) is 0 Å². The summed E-state index contributed by atoms with van der Waals surface area (Å²) in [5, 5.41) is 0. The minimum atomic E-state index is -3.67. The van der Waals surface area contributed by atoms with Gasteiger partial charge in [-0.05, 0) is 6.92 Å². The predicted molar refractivity (Wildman–Crippen MR) is 33.4 cm³/mol. The average molecular weight is 156 g/mol. The molecule has 0 saturated carbocycles. The Balaban J connectivity index is 0. The van der Waals surface area contributed by atoms with Crippen LogP contribution < -0.4 is 0 Å². The SMILES string of the molecule is C=C(C)F.CS(=O)(=O)O. The molecule has 0 aromatic carbocycles. The third-order valence-corrected chi connectivity index (χ3v) is 0. The number of halogens is 1. The zero-order chi connectivity index (χ0) is 8.08. The summed E-state index contributed by atoms with van der Waals surface area (Å²) in [5.41, 5.74) is 0. The first-order chi connectivity index (χ1) is 3.73. The summed E-state index contributed by atoms with van der Waals surface area (Å²) < 4.78 is 36.7. The molecule has 3 nitrogen and oxygen atoms in total. The Morgan fingerprint density at radius 2 is 1.67 bits per heavy atom. The van der Waals surface area contributed by atoms with Gasteiger partial charge in [-0.3, -0.25) is 4.55 Å². The van der Waals surface area contributed by atoms with Crippen molar-refractivity contribution in [2.45, 2.75) is 6.92 Å². The summed E-state index contributed by atoms with van der Waals surface area (Å²) in [7, 11) is -3.67. The summed E-state index contributed by atoms with van der Waals surface area (Å²) >= 11 is 0. The van der Waals surface area contributed by atoms with Crippen LogP contribution in [0.15, 0.2) is 12.4 Å². The van der Waals surface area contributed by atoms with Gasteiger partial charge >= 0.3 is 0 Å². The van der Waals surface area contributed by atoms with Gasteiger partial charge in [0.25, 0.3) is 10.1 Å². The summed E-state index contributed by atoms with van der Waals surface area (Å²) in [6.45, 7) is 4.19. The fraction of sp³-hybridized carbons (Fsp3) is 0.500. The third-order valence-electron chi connectivity index (χ3n) is 0. The third kappa shape index (κ3) is 1340. The lowest BCUT2D eigenvalue weighted by molar-refractivity contribution is 0.490. The van der Waals surface area contributed by atoms with E-state index in [1.54, 1.807) is 0 Å². The van der Waals surface area contributed by atoms with Crippen molar-refractivity contribution in [3.8, 4) is 0 Å². The van der Waals surface area contributed by atoms with Gasteiger partial charge in [0.1, 0.15) is 0 Å². The highest BCUT2D eigenvalue weighted by Gasteiger charge is 1.81. The van der Waals surface area contributed by atoms with Gasteiger partial charge in [0.2, 0.25) is 0 Å². The molecule has 0 aliphatic rings. The van der Waals surface area contributed by atoms with E-state index in [0.717, 1.165) is 0 Å². The largest absolute Gasteiger partial charge is 0.286 e. The van der Waals surface area contributed by atoms with Crippen LogP contribution in [-0.2, 0) is 10.1 Å². The van der Waals surface area contributed by atoms with E-state index in [1.807, 2.05) is 0 Å². The van der Waals surface area contributed by atoms with Crippen molar-refractivity contribution in [3.05, 3.63) is 12.4 Å². The monoisotopic (exact) mass is 156 g/mol. The first kappa shape index (κ1) is 11.4. The van der Waals surface area contributed by atoms with Crippen LogP contribution in [0.25, 0.3) is 0 Å². The molecule has 0 aromatic heterocycles. The first-order valence-corrected chi connectivity index (χ1v) is 3.82. The molecule has 0 bridgehead atoms. The van der Waals surface area contributed by atoms with Crippen molar-refractivity contribution in [1.29, 1.82) is 0 Å². The fourth-order valence-corrected chi connectivity index (χ4v) is 0. The van der Waals surface area contributed by atoms with E-state index < -0.39 is 10.1 Å². The Morgan fingerprint density at radius 1 is 1.67 bits per heavy atom. The quantitative estimate of drug-likeness (QED) is 0.532. The molecular weight excluding hydrogens is 147 g/mol. The molecule has 0 heterocycles. The normalized spacial score (nSPS) is 9.33. The lowest BCUT2D eigenvalue weighted by atomic mass is 10.7. The fourth-order valence-electron chi connectivity index (χ4n) is 0. The number of allylic oxidation sites excluding steroid dienone is 1. The van der Waals surface area contributed by atoms with Crippen LogP contribution in [0.4, 0.5) is 4.39 Å². The minimum Gasteiger partial charge on any atom is -0.286 e. The molecule has 0 atom stereocenters. The van der Waals surface area contributed by atoms with E-state index in [1.165, 1.54) is 6.92 Å². The molecule has 56 valence electrons. The number of rotatable bonds is 0. The van der Waals surface area contributed by atoms with Crippen LogP contribution in [0.2, 0.25) is 0 Å². The standard InChI is InChI=1S/C3H5F.CH4O3S/c1-3(2)4;1-5(2,3)4/h1H2,2H3;1H3,(H,2,3,4). The lowest BCUT2D eigenvalue weighted by Crippen LogP contribution is -1.88. The predicted octanol–water partition coefficient (Wildman–Crippen LogP) is 0.994. The Bertz CT molecular complexity index is 158. The molecule has 0 rings (SSSR count). The van der Waals surface area contributed by atoms with Crippen molar-refractivity contribution < 1.29 is 17.4 Å². The second-order valence-electron chi connectivity index (χ2n) is 1.41. The first-order valence-electron chi connectivity index (χ1n) is 1.97. The Hall–Kier alpha value is -0.420. The van der Waals surface area contributed by atoms with E-state index in [0.29, 0.717) is 6.26 Å². The maximum absolute atomic E-state index is 10.8. The molecule has 5 heteroatoms. The molecule has 0 saturated heterocycles. The maximum Gasteiger partial charge on any atom is 0.261 e. The molecule has 1 N–H and O–H groups in total. The molecule has 9 heavy (non-hydrogen) atoms. The highest BCUT2D eigenvalue weighted by Crippen LogP contribution is 1.80. The molecule has 0 amide bonds. The second kappa shape index (κ2) is 4.46. The van der Waals surface area contributed by atoms with Crippen molar-refractivity contribution in [3.63, 3.8) is 0 Å². The maximum atomic E-state index is 10.8. The molecule has 0 radical (unpaired) electrons. The van der Waals surface area contributed by atoms with E-state index in [-0.39, 0.29) is 5.83 Å². The van der Waals surface area contributed by atoms with Gasteiger partial charge in [-0.15, -0.1) is 0 Å². The van der Waals surface area contributed by atoms with Crippen LogP contribution >= 0.6 is 0 Å². The van der Waals surface area contributed by atoms with Crippen molar-refractivity contribution in [2.24, 2.45) is 0 Å². The summed E-state index contributed by atoms with van der Waals surface area (Å²) in [4.78, 5) is 0. The van der Waals surface area contributed by atoms with E-state index in [9.17, 15) is 12.8 Å². The Labute approximate surface area is 53.9 Å². The highest BCUT2D eigenvalue weighted by molar-refractivity contribution is 7.85. The van der Waals surface area contributed by atoms with Crippen LogP contribution in [0, 0.1) is 0 Å². The van der Waals surface area contributed by atoms with E-state index >= 15 is 0 Å². The van der Waals surface area contributed by atoms with E-state index in [2.05, 4.69) is 6.58 Å². The average Bonchev–Trinajstić information content (AvgIpc) is 1.19. The van der Waals surface area contributed by atoms with Crippen molar-refractivity contribution in [1.82, 2.24) is 0 Å². The van der Waals surface area contributed by atoms with Crippen molar-refractivity contribution in [2.75, 3.05) is 6.26 Å². The smallest absolute Gasteiger partial charge is 0.261 e. The molecule has 0 fully saturated rings. The Kier molecular flexibility index (Phi) is 5.64. The summed E-state index contributed by atoms with van der Waals surface area (Å²) in [6.07, 6.45) is 0.715.